The maximum Gasteiger partial charge on any atom is 0.255 e. The van der Waals surface area contributed by atoms with E-state index in [4.69, 9.17) is 19.4 Å². The smallest absolute Gasteiger partial charge is 0.255 e. The third-order valence-corrected chi connectivity index (χ3v) is 12.1. The van der Waals surface area contributed by atoms with Crippen molar-refractivity contribution in [2.75, 3.05) is 38.7 Å². The molecule has 2 atom stereocenters. The van der Waals surface area contributed by atoms with Gasteiger partial charge in [0.2, 0.25) is 11.8 Å². The Balaban J connectivity index is 0.818. The first-order chi connectivity index (χ1) is 27.6. The van der Waals surface area contributed by atoms with Crippen LogP contribution in [0.15, 0.2) is 53.0 Å². The number of carbonyl (C=O) groups is 3. The molecular formula is C44H52BrFN6O5. The fourth-order valence-electron chi connectivity index (χ4n) is 8.51. The van der Waals surface area contributed by atoms with Gasteiger partial charge in [0.1, 0.15) is 23.5 Å². The van der Waals surface area contributed by atoms with Crippen LogP contribution in [0.2, 0.25) is 0 Å². The van der Waals surface area contributed by atoms with Gasteiger partial charge in [-0.2, -0.15) is 0 Å². The highest BCUT2D eigenvalue weighted by Crippen LogP contribution is 2.39. The SMILES string of the molecule is COc1cc2c(N[C@H](C)c3cccc(Br)c3)nc(C)nc2cc1OCCCCCCCCN1CCC(c2cc(F)cc3c2CN(C2CCC(=O)NC2=O)C3=O)CC1. The van der Waals surface area contributed by atoms with E-state index in [1.54, 1.807) is 13.2 Å². The maximum atomic E-state index is 14.8. The summed E-state index contributed by atoms with van der Waals surface area (Å²) >= 11 is 3.57. The highest BCUT2D eigenvalue weighted by atomic mass is 79.9. The number of amides is 3. The van der Waals surface area contributed by atoms with Crippen LogP contribution in [0.25, 0.3) is 10.9 Å². The lowest BCUT2D eigenvalue weighted by Crippen LogP contribution is -2.52. The number of anilines is 1. The fourth-order valence-corrected chi connectivity index (χ4v) is 8.93. The number of nitrogens with zero attached hydrogens (tertiary/aromatic N) is 4. The van der Waals surface area contributed by atoms with E-state index in [1.165, 1.54) is 23.8 Å². The number of fused-ring (bicyclic) bond motifs is 2. The van der Waals surface area contributed by atoms with E-state index < -0.39 is 17.8 Å². The van der Waals surface area contributed by atoms with Crippen LogP contribution in [0.4, 0.5) is 10.2 Å². The van der Waals surface area contributed by atoms with Gasteiger partial charge in [-0.15, -0.1) is 0 Å². The molecule has 3 amide bonds. The Bertz CT molecular complexity index is 2120. The van der Waals surface area contributed by atoms with Gasteiger partial charge in [0, 0.05) is 34.5 Å². The standard InChI is InChI=1S/C44H52BrFN6O5/c1-27(30-11-10-12-31(45)21-30)47-42-35-24-39(56-3)40(25-37(35)48-28(2)49-42)57-20-9-7-5-4-6-8-17-51-18-15-29(16-19-51)33-22-32(46)23-34-36(33)26-52(44(34)55)38-13-14-41(53)50-43(38)54/h10-12,21-25,27,29,38H,4-9,13-20,26H2,1-3H3,(H,47,48,49)(H,50,53,54)/t27-,38?/m1/s1. The second-order valence-electron chi connectivity index (χ2n) is 15.6. The van der Waals surface area contributed by atoms with Crippen molar-refractivity contribution in [2.45, 2.75) is 103 Å². The molecule has 3 aliphatic rings. The molecule has 0 spiro atoms. The van der Waals surface area contributed by atoms with Crippen LogP contribution >= 0.6 is 15.9 Å². The van der Waals surface area contributed by atoms with E-state index in [9.17, 15) is 18.8 Å². The van der Waals surface area contributed by atoms with Crippen molar-refractivity contribution in [1.29, 1.82) is 0 Å². The van der Waals surface area contributed by atoms with Crippen molar-refractivity contribution in [2.24, 2.45) is 0 Å². The van der Waals surface area contributed by atoms with Crippen LogP contribution in [-0.4, -0.2) is 76.9 Å². The molecule has 4 heterocycles. The molecule has 0 radical (unpaired) electrons. The lowest BCUT2D eigenvalue weighted by molar-refractivity contribution is -0.136. The Morgan fingerprint density at radius 2 is 1.74 bits per heavy atom. The molecule has 7 rings (SSSR count). The Labute approximate surface area is 342 Å². The van der Waals surface area contributed by atoms with Gasteiger partial charge in [-0.05, 0) is 119 Å². The van der Waals surface area contributed by atoms with Crippen LogP contribution < -0.4 is 20.1 Å². The number of carbonyl (C=O) groups excluding carboxylic acids is 3. The van der Waals surface area contributed by atoms with Gasteiger partial charge >= 0.3 is 0 Å². The zero-order valence-corrected chi connectivity index (χ0v) is 34.6. The average molecular weight is 844 g/mol. The number of benzene rings is 3. The first kappa shape index (κ1) is 40.6. The predicted molar refractivity (Wildman–Crippen MR) is 221 cm³/mol. The normalized spacial score (nSPS) is 18.2. The van der Waals surface area contributed by atoms with Gasteiger partial charge in [0.25, 0.3) is 5.91 Å². The number of methoxy groups -OCH3 is 1. The first-order valence-corrected chi connectivity index (χ1v) is 21.1. The lowest BCUT2D eigenvalue weighted by atomic mass is 9.85. The Kier molecular flexibility index (Phi) is 13.0. The molecule has 1 unspecified atom stereocenters. The third-order valence-electron chi connectivity index (χ3n) is 11.6. The van der Waals surface area contributed by atoms with Gasteiger partial charge in [0.05, 0.1) is 25.3 Å². The highest BCUT2D eigenvalue weighted by Gasteiger charge is 2.41. The number of aromatic nitrogens is 2. The number of hydrogen-bond acceptors (Lipinski definition) is 9. The summed E-state index contributed by atoms with van der Waals surface area (Å²) in [5.41, 5.74) is 4.03. The Hall–Kier alpha value is -4.62. The number of halogens is 2. The first-order valence-electron chi connectivity index (χ1n) is 20.3. The molecular weight excluding hydrogens is 791 g/mol. The van der Waals surface area contributed by atoms with Gasteiger partial charge in [-0.25, -0.2) is 14.4 Å². The summed E-state index contributed by atoms with van der Waals surface area (Å²) in [5.74, 6) is 1.42. The van der Waals surface area contributed by atoms with E-state index in [-0.39, 0.29) is 36.7 Å². The summed E-state index contributed by atoms with van der Waals surface area (Å²) in [7, 11) is 1.65. The molecule has 11 nitrogen and oxygen atoms in total. The topological polar surface area (TPSA) is 126 Å². The molecule has 1 aromatic heterocycles. The van der Waals surface area contributed by atoms with Crippen LogP contribution in [0, 0.1) is 12.7 Å². The number of likely N-dealkylation sites (tertiary alicyclic amines) is 1. The molecule has 13 heteroatoms. The van der Waals surface area contributed by atoms with E-state index in [0.717, 1.165) is 96.0 Å². The van der Waals surface area contributed by atoms with Gasteiger partial charge in [0.15, 0.2) is 11.5 Å². The van der Waals surface area contributed by atoms with E-state index >= 15 is 0 Å². The average Bonchev–Trinajstić information content (AvgIpc) is 3.51. The second-order valence-corrected chi connectivity index (χ2v) is 16.5. The van der Waals surface area contributed by atoms with Crippen molar-refractivity contribution in [3.05, 3.63) is 86.9 Å². The quantitative estimate of drug-likeness (QED) is 0.0846. The zero-order chi connectivity index (χ0) is 40.1. The van der Waals surface area contributed by atoms with Gasteiger partial charge < -0.3 is 24.6 Å². The minimum atomic E-state index is -0.704. The van der Waals surface area contributed by atoms with Crippen LogP contribution in [0.3, 0.4) is 0 Å². The minimum absolute atomic E-state index is 0.0352. The van der Waals surface area contributed by atoms with Crippen molar-refractivity contribution in [1.82, 2.24) is 25.1 Å². The highest BCUT2D eigenvalue weighted by molar-refractivity contribution is 9.10. The molecule has 2 saturated heterocycles. The third kappa shape index (κ3) is 9.58. The zero-order valence-electron chi connectivity index (χ0n) is 33.0. The molecule has 302 valence electrons. The van der Waals surface area contributed by atoms with Crippen molar-refractivity contribution in [3.8, 4) is 11.5 Å². The molecule has 2 N–H and O–H groups in total. The molecule has 0 aliphatic carbocycles. The summed E-state index contributed by atoms with van der Waals surface area (Å²) in [4.78, 5) is 50.9. The molecule has 4 aromatic rings. The van der Waals surface area contributed by atoms with Crippen LogP contribution in [0.1, 0.15) is 116 Å². The largest absolute Gasteiger partial charge is 0.493 e. The van der Waals surface area contributed by atoms with E-state index in [0.29, 0.717) is 35.9 Å². The summed E-state index contributed by atoms with van der Waals surface area (Å²) < 4.78 is 27.8. The molecule has 0 saturated carbocycles. The van der Waals surface area contributed by atoms with Gasteiger partial charge in [-0.3, -0.25) is 19.7 Å². The molecule has 3 aromatic carbocycles. The number of ether oxygens (including phenoxy) is 2. The summed E-state index contributed by atoms with van der Waals surface area (Å²) in [5, 5.41) is 6.78. The number of imide groups is 1. The number of aryl methyl sites for hydroxylation is 1. The summed E-state index contributed by atoms with van der Waals surface area (Å²) in [6.45, 7) is 7.80. The van der Waals surface area contributed by atoms with Crippen LogP contribution in [-0.2, 0) is 16.1 Å². The van der Waals surface area contributed by atoms with E-state index in [1.807, 2.05) is 31.2 Å². The Morgan fingerprint density at radius 1 is 0.965 bits per heavy atom. The van der Waals surface area contributed by atoms with Crippen molar-refractivity contribution in [3.63, 3.8) is 0 Å². The number of hydrogen-bond donors (Lipinski definition) is 2. The van der Waals surface area contributed by atoms with E-state index in [2.05, 4.69) is 50.5 Å². The van der Waals surface area contributed by atoms with Crippen LogP contribution in [0.5, 0.6) is 11.5 Å². The Morgan fingerprint density at radius 3 is 2.49 bits per heavy atom. The maximum absolute atomic E-state index is 14.8. The summed E-state index contributed by atoms with van der Waals surface area (Å²) in [6, 6.07) is 14.4. The molecule has 0 bridgehead atoms. The number of nitrogens with one attached hydrogen (secondary N) is 2. The minimum Gasteiger partial charge on any atom is -0.493 e. The van der Waals surface area contributed by atoms with Gasteiger partial charge in [-0.1, -0.05) is 53.7 Å². The summed E-state index contributed by atoms with van der Waals surface area (Å²) in [6.07, 6.45) is 8.97. The monoisotopic (exact) mass is 842 g/mol. The van der Waals surface area contributed by atoms with Crippen molar-refractivity contribution < 1.29 is 28.2 Å². The number of piperidine rings is 2. The molecule has 3 aliphatic heterocycles. The lowest BCUT2D eigenvalue weighted by Gasteiger charge is -2.33. The predicted octanol–water partition coefficient (Wildman–Crippen LogP) is 8.38. The molecule has 57 heavy (non-hydrogen) atoms. The number of unbranched alkanes of at least 4 members (excludes halogenated alkanes) is 5. The second kappa shape index (κ2) is 18.3. The number of rotatable bonds is 16. The fraction of sp³-hybridized carbons (Fsp3) is 0.477. The van der Waals surface area contributed by atoms with Crippen molar-refractivity contribution >= 4 is 50.4 Å². The molecule has 2 fully saturated rings.